The first-order valence-electron chi connectivity index (χ1n) is 3.42. The van der Waals surface area contributed by atoms with Crippen molar-refractivity contribution in [2.24, 2.45) is 5.92 Å². The van der Waals surface area contributed by atoms with Gasteiger partial charge in [-0.05, 0) is 25.7 Å². The van der Waals surface area contributed by atoms with E-state index in [0.29, 0.717) is 11.3 Å². The molecule has 0 amide bonds. The highest BCUT2D eigenvalue weighted by atomic mass is 35.5. The van der Waals surface area contributed by atoms with Gasteiger partial charge in [-0.15, -0.1) is 11.6 Å². The van der Waals surface area contributed by atoms with Crippen LogP contribution in [0.15, 0.2) is 0 Å². The fourth-order valence-electron chi connectivity index (χ4n) is 1.21. The summed E-state index contributed by atoms with van der Waals surface area (Å²) in [5.41, 5.74) is 0. The Morgan fingerprint density at radius 3 is 2.22 bits per heavy atom. The third-order valence-electron chi connectivity index (χ3n) is 1.89. The predicted octanol–water partition coefficient (Wildman–Crippen LogP) is 1.98. The summed E-state index contributed by atoms with van der Waals surface area (Å²) in [7, 11) is 0. The number of aldehydes is 1. The second kappa shape index (κ2) is 3.21. The molecule has 2 heteroatoms. The van der Waals surface area contributed by atoms with E-state index in [0.717, 1.165) is 32.0 Å². The lowest BCUT2D eigenvalue weighted by Gasteiger charge is -2.19. The van der Waals surface area contributed by atoms with Gasteiger partial charge in [-0.2, -0.15) is 0 Å². The van der Waals surface area contributed by atoms with Crippen molar-refractivity contribution in [1.82, 2.24) is 0 Å². The van der Waals surface area contributed by atoms with Crippen molar-refractivity contribution in [3.63, 3.8) is 0 Å². The van der Waals surface area contributed by atoms with Crippen LogP contribution in [0, 0.1) is 5.92 Å². The van der Waals surface area contributed by atoms with Crippen LogP contribution in [0.2, 0.25) is 0 Å². The molecule has 9 heavy (non-hydrogen) atoms. The Kier molecular flexibility index (Phi) is 2.52. The van der Waals surface area contributed by atoms with E-state index in [4.69, 9.17) is 11.6 Å². The summed E-state index contributed by atoms with van der Waals surface area (Å²) in [5, 5.41) is 0.334. The standard InChI is InChI=1S/C7H11ClO/c8-7-3-1-6(5-9)2-4-7/h5-7H,1-4H2. The quantitative estimate of drug-likeness (QED) is 0.409. The number of carbonyl (C=O) groups is 1. The third-order valence-corrected chi connectivity index (χ3v) is 2.33. The summed E-state index contributed by atoms with van der Waals surface area (Å²) in [5.74, 6) is 0.306. The monoisotopic (exact) mass is 146 g/mol. The van der Waals surface area contributed by atoms with Crippen molar-refractivity contribution >= 4 is 17.9 Å². The largest absolute Gasteiger partial charge is 0.303 e. The maximum Gasteiger partial charge on any atom is 0.123 e. The third kappa shape index (κ3) is 1.98. The molecule has 0 spiro atoms. The minimum atomic E-state index is 0.306. The van der Waals surface area contributed by atoms with Crippen LogP contribution in [0.1, 0.15) is 25.7 Å². The first-order chi connectivity index (χ1) is 4.33. The Bertz CT molecular complexity index is 95.1. The van der Waals surface area contributed by atoms with Gasteiger partial charge in [-0.3, -0.25) is 0 Å². The zero-order valence-electron chi connectivity index (χ0n) is 5.35. The van der Waals surface area contributed by atoms with Crippen molar-refractivity contribution in [3.05, 3.63) is 0 Å². The number of rotatable bonds is 1. The molecule has 1 fully saturated rings. The lowest BCUT2D eigenvalue weighted by atomic mass is 9.90. The second-order valence-electron chi connectivity index (χ2n) is 2.65. The maximum atomic E-state index is 10.2. The van der Waals surface area contributed by atoms with Gasteiger partial charge in [0, 0.05) is 11.3 Å². The smallest absolute Gasteiger partial charge is 0.123 e. The minimum Gasteiger partial charge on any atom is -0.303 e. The van der Waals surface area contributed by atoms with Crippen LogP contribution < -0.4 is 0 Å². The predicted molar refractivity (Wildman–Crippen MR) is 37.7 cm³/mol. The van der Waals surface area contributed by atoms with Crippen molar-refractivity contribution in [3.8, 4) is 0 Å². The second-order valence-corrected chi connectivity index (χ2v) is 3.27. The van der Waals surface area contributed by atoms with Gasteiger partial charge >= 0.3 is 0 Å². The van der Waals surface area contributed by atoms with E-state index >= 15 is 0 Å². The minimum absolute atomic E-state index is 0.306. The summed E-state index contributed by atoms with van der Waals surface area (Å²) in [4.78, 5) is 10.2. The molecule has 0 aliphatic heterocycles. The molecule has 0 unspecified atom stereocenters. The van der Waals surface area contributed by atoms with E-state index in [2.05, 4.69) is 0 Å². The van der Waals surface area contributed by atoms with Crippen LogP contribution in [0.4, 0.5) is 0 Å². The number of carbonyl (C=O) groups excluding carboxylic acids is 1. The summed E-state index contributed by atoms with van der Waals surface area (Å²) in [6.45, 7) is 0. The summed E-state index contributed by atoms with van der Waals surface area (Å²) < 4.78 is 0. The SMILES string of the molecule is O=CC1CCC(Cl)CC1. The normalized spacial score (nSPS) is 36.1. The van der Waals surface area contributed by atoms with E-state index in [9.17, 15) is 4.79 Å². The Morgan fingerprint density at radius 1 is 1.22 bits per heavy atom. The van der Waals surface area contributed by atoms with Crippen LogP contribution in [-0.4, -0.2) is 11.7 Å². The van der Waals surface area contributed by atoms with Crippen molar-refractivity contribution < 1.29 is 4.79 Å². The average Bonchev–Trinajstić information content (AvgIpc) is 1.90. The Morgan fingerprint density at radius 2 is 1.78 bits per heavy atom. The number of halogens is 1. The molecule has 0 heterocycles. The van der Waals surface area contributed by atoms with Gasteiger partial charge in [-0.1, -0.05) is 0 Å². The van der Waals surface area contributed by atoms with Crippen molar-refractivity contribution in [1.29, 1.82) is 0 Å². The van der Waals surface area contributed by atoms with Crippen LogP contribution in [0.25, 0.3) is 0 Å². The van der Waals surface area contributed by atoms with Crippen molar-refractivity contribution in [2.75, 3.05) is 0 Å². The van der Waals surface area contributed by atoms with Crippen LogP contribution in [-0.2, 0) is 4.79 Å². The van der Waals surface area contributed by atoms with E-state index in [1.165, 1.54) is 0 Å². The Hall–Kier alpha value is -0.0400. The molecule has 0 bridgehead atoms. The van der Waals surface area contributed by atoms with Crippen LogP contribution in [0.5, 0.6) is 0 Å². The summed E-state index contributed by atoms with van der Waals surface area (Å²) >= 11 is 5.82. The zero-order chi connectivity index (χ0) is 6.69. The zero-order valence-corrected chi connectivity index (χ0v) is 6.10. The fourth-order valence-corrected chi connectivity index (χ4v) is 1.47. The average molecular weight is 147 g/mol. The molecule has 0 radical (unpaired) electrons. The maximum absolute atomic E-state index is 10.2. The molecular weight excluding hydrogens is 136 g/mol. The first kappa shape index (κ1) is 7.07. The Balaban J connectivity index is 2.26. The molecule has 1 rings (SSSR count). The molecular formula is C7H11ClO. The van der Waals surface area contributed by atoms with E-state index in [-0.39, 0.29) is 0 Å². The molecule has 0 N–H and O–H groups in total. The summed E-state index contributed by atoms with van der Waals surface area (Å²) in [6.07, 6.45) is 5.09. The highest BCUT2D eigenvalue weighted by Gasteiger charge is 2.17. The molecule has 0 aromatic carbocycles. The molecule has 52 valence electrons. The van der Waals surface area contributed by atoms with Gasteiger partial charge in [0.1, 0.15) is 6.29 Å². The number of hydrogen-bond donors (Lipinski definition) is 0. The van der Waals surface area contributed by atoms with Gasteiger partial charge < -0.3 is 4.79 Å². The summed E-state index contributed by atoms with van der Waals surface area (Å²) in [6, 6.07) is 0. The molecule has 1 aliphatic carbocycles. The lowest BCUT2D eigenvalue weighted by Crippen LogP contribution is -2.14. The van der Waals surface area contributed by atoms with E-state index in [1.807, 2.05) is 0 Å². The molecule has 0 atom stereocenters. The van der Waals surface area contributed by atoms with Gasteiger partial charge in [0.05, 0.1) is 0 Å². The van der Waals surface area contributed by atoms with Crippen LogP contribution >= 0.6 is 11.6 Å². The molecule has 0 saturated heterocycles. The molecule has 1 nitrogen and oxygen atoms in total. The molecule has 0 aromatic heterocycles. The molecule has 1 saturated carbocycles. The highest BCUT2D eigenvalue weighted by Crippen LogP contribution is 2.25. The molecule has 0 aromatic rings. The van der Waals surface area contributed by atoms with Gasteiger partial charge in [0.25, 0.3) is 0 Å². The number of hydrogen-bond acceptors (Lipinski definition) is 1. The van der Waals surface area contributed by atoms with Crippen molar-refractivity contribution in [2.45, 2.75) is 31.1 Å². The number of alkyl halides is 1. The first-order valence-corrected chi connectivity index (χ1v) is 3.86. The lowest BCUT2D eigenvalue weighted by molar-refractivity contribution is -0.111. The van der Waals surface area contributed by atoms with Crippen LogP contribution in [0.3, 0.4) is 0 Å². The van der Waals surface area contributed by atoms with E-state index < -0.39 is 0 Å². The Labute approximate surface area is 60.4 Å². The topological polar surface area (TPSA) is 17.1 Å². The van der Waals surface area contributed by atoms with E-state index in [1.54, 1.807) is 0 Å². The fraction of sp³-hybridized carbons (Fsp3) is 0.857. The van der Waals surface area contributed by atoms with Gasteiger partial charge in [0.15, 0.2) is 0 Å². The van der Waals surface area contributed by atoms with Gasteiger partial charge in [-0.25, -0.2) is 0 Å². The van der Waals surface area contributed by atoms with Gasteiger partial charge in [0.2, 0.25) is 0 Å². The highest BCUT2D eigenvalue weighted by molar-refractivity contribution is 6.20. The molecule has 1 aliphatic rings.